The monoisotopic (exact) mass is 327 g/mol. The number of hydrogen-bond acceptors (Lipinski definition) is 3. The van der Waals surface area contributed by atoms with Crippen molar-refractivity contribution in [3.8, 4) is 0 Å². The number of piperidine rings is 1. The number of rotatable bonds is 5. The summed E-state index contributed by atoms with van der Waals surface area (Å²) in [5.41, 5.74) is 3.14. The maximum Gasteiger partial charge on any atom is 0.269 e. The lowest BCUT2D eigenvalue weighted by atomic mass is 9.97. The van der Waals surface area contributed by atoms with E-state index in [0.717, 1.165) is 31.1 Å². The number of carbonyl (C=O) groups excluding carboxylic acids is 1. The van der Waals surface area contributed by atoms with Gasteiger partial charge in [-0.2, -0.15) is 0 Å². The molecule has 4 nitrogen and oxygen atoms in total. The molecule has 0 radical (unpaired) electrons. The minimum absolute atomic E-state index is 0.0568. The Morgan fingerprint density at radius 2 is 2.17 bits per heavy atom. The number of nitrogens with zero attached hydrogens (tertiary/aromatic N) is 2. The fraction of sp³-hybridized carbons (Fsp3) is 0.600. The second-order valence-electron chi connectivity index (χ2n) is 7.18. The summed E-state index contributed by atoms with van der Waals surface area (Å²) in [6.45, 7) is 5.16. The van der Waals surface area contributed by atoms with Crippen LogP contribution in [0.5, 0.6) is 0 Å². The van der Waals surface area contributed by atoms with E-state index in [2.05, 4.69) is 28.2 Å². The SMILES string of the molecule is CC1CCN(c2ccnc(C(=O)NCCC3=CCCCC3)c2)CC1. The minimum atomic E-state index is -0.0568. The predicted octanol–water partition coefficient (Wildman–Crippen LogP) is 3.94. The molecule has 0 unspecified atom stereocenters. The summed E-state index contributed by atoms with van der Waals surface area (Å²) in [5.74, 6) is 0.749. The van der Waals surface area contributed by atoms with E-state index in [1.165, 1.54) is 44.1 Å². The number of carbonyl (C=O) groups is 1. The molecule has 1 aromatic heterocycles. The highest BCUT2D eigenvalue weighted by molar-refractivity contribution is 5.93. The van der Waals surface area contributed by atoms with Crippen molar-refractivity contribution in [3.05, 3.63) is 35.7 Å². The van der Waals surface area contributed by atoms with Gasteiger partial charge in [0.15, 0.2) is 0 Å². The normalized spacial score (nSPS) is 19.0. The van der Waals surface area contributed by atoms with Crippen LogP contribution in [-0.4, -0.2) is 30.5 Å². The van der Waals surface area contributed by atoms with E-state index in [-0.39, 0.29) is 5.91 Å². The lowest BCUT2D eigenvalue weighted by Gasteiger charge is -2.32. The number of pyridine rings is 1. The minimum Gasteiger partial charge on any atom is -0.371 e. The van der Waals surface area contributed by atoms with Gasteiger partial charge >= 0.3 is 0 Å². The van der Waals surface area contributed by atoms with Gasteiger partial charge in [0, 0.05) is 31.5 Å². The molecule has 4 heteroatoms. The number of amides is 1. The second kappa shape index (κ2) is 8.32. The summed E-state index contributed by atoms with van der Waals surface area (Å²) < 4.78 is 0. The van der Waals surface area contributed by atoms with Crippen LogP contribution in [0.3, 0.4) is 0 Å². The summed E-state index contributed by atoms with van der Waals surface area (Å²) in [6, 6.07) is 3.95. The number of allylic oxidation sites excluding steroid dienone is 1. The lowest BCUT2D eigenvalue weighted by molar-refractivity contribution is 0.0949. The fourth-order valence-electron chi connectivity index (χ4n) is 3.57. The van der Waals surface area contributed by atoms with Crippen LogP contribution in [0.15, 0.2) is 30.0 Å². The smallest absolute Gasteiger partial charge is 0.269 e. The van der Waals surface area contributed by atoms with E-state index in [1.807, 2.05) is 12.1 Å². The molecule has 1 aromatic rings. The van der Waals surface area contributed by atoms with Gasteiger partial charge in [0.05, 0.1) is 0 Å². The van der Waals surface area contributed by atoms with Gasteiger partial charge in [-0.1, -0.05) is 18.6 Å². The van der Waals surface area contributed by atoms with Crippen molar-refractivity contribution in [3.63, 3.8) is 0 Å². The highest BCUT2D eigenvalue weighted by Gasteiger charge is 2.17. The first-order chi connectivity index (χ1) is 11.7. The third-order valence-electron chi connectivity index (χ3n) is 5.24. The van der Waals surface area contributed by atoms with Crippen molar-refractivity contribution in [2.75, 3.05) is 24.5 Å². The van der Waals surface area contributed by atoms with Crippen LogP contribution in [0.1, 0.15) is 62.4 Å². The van der Waals surface area contributed by atoms with Crippen LogP contribution in [-0.2, 0) is 0 Å². The third kappa shape index (κ3) is 4.59. The summed E-state index contributed by atoms with van der Waals surface area (Å²) in [4.78, 5) is 19.0. The average molecular weight is 327 g/mol. The number of nitrogens with one attached hydrogen (secondary N) is 1. The van der Waals surface area contributed by atoms with Gasteiger partial charge in [-0.05, 0) is 63.0 Å². The highest BCUT2D eigenvalue weighted by Crippen LogP contribution is 2.23. The first kappa shape index (κ1) is 17.0. The quantitative estimate of drug-likeness (QED) is 0.833. The van der Waals surface area contributed by atoms with E-state index in [9.17, 15) is 4.79 Å². The lowest BCUT2D eigenvalue weighted by Crippen LogP contribution is -2.33. The van der Waals surface area contributed by atoms with E-state index in [4.69, 9.17) is 0 Å². The van der Waals surface area contributed by atoms with E-state index < -0.39 is 0 Å². The first-order valence-electron chi connectivity index (χ1n) is 9.39. The molecule has 1 saturated heterocycles. The zero-order valence-electron chi connectivity index (χ0n) is 14.8. The van der Waals surface area contributed by atoms with E-state index >= 15 is 0 Å². The maximum absolute atomic E-state index is 12.4. The van der Waals surface area contributed by atoms with Gasteiger partial charge in [0.25, 0.3) is 5.91 Å². The van der Waals surface area contributed by atoms with Gasteiger partial charge in [0.2, 0.25) is 0 Å². The van der Waals surface area contributed by atoms with Gasteiger partial charge in [-0.25, -0.2) is 0 Å². The summed E-state index contributed by atoms with van der Waals surface area (Å²) >= 11 is 0. The Balaban J connectivity index is 1.53. The molecule has 0 saturated carbocycles. The molecule has 1 fully saturated rings. The highest BCUT2D eigenvalue weighted by atomic mass is 16.1. The van der Waals surface area contributed by atoms with E-state index in [1.54, 1.807) is 6.20 Å². The molecule has 0 aromatic carbocycles. The van der Waals surface area contributed by atoms with Crippen LogP contribution in [0.2, 0.25) is 0 Å². The first-order valence-corrected chi connectivity index (χ1v) is 9.39. The van der Waals surface area contributed by atoms with Gasteiger partial charge < -0.3 is 10.2 Å². The Hall–Kier alpha value is -1.84. The molecule has 1 amide bonds. The fourth-order valence-corrected chi connectivity index (χ4v) is 3.57. The van der Waals surface area contributed by atoms with Crippen molar-refractivity contribution >= 4 is 11.6 Å². The second-order valence-corrected chi connectivity index (χ2v) is 7.18. The number of anilines is 1. The summed E-state index contributed by atoms with van der Waals surface area (Å²) in [5, 5.41) is 3.02. The molecule has 0 atom stereocenters. The molecular weight excluding hydrogens is 298 g/mol. The molecule has 1 aliphatic carbocycles. The number of aromatic nitrogens is 1. The Morgan fingerprint density at radius 1 is 1.33 bits per heavy atom. The van der Waals surface area contributed by atoms with Crippen LogP contribution >= 0.6 is 0 Å². The van der Waals surface area contributed by atoms with Crippen molar-refractivity contribution in [2.45, 2.75) is 51.9 Å². The molecule has 2 heterocycles. The molecule has 3 rings (SSSR count). The Labute approximate surface area is 145 Å². The Morgan fingerprint density at radius 3 is 2.92 bits per heavy atom. The molecule has 24 heavy (non-hydrogen) atoms. The van der Waals surface area contributed by atoms with Gasteiger partial charge in [-0.3, -0.25) is 9.78 Å². The zero-order chi connectivity index (χ0) is 16.8. The molecular formula is C20H29N3O. The van der Waals surface area contributed by atoms with Crippen LogP contribution in [0.25, 0.3) is 0 Å². The maximum atomic E-state index is 12.4. The average Bonchev–Trinajstić information content (AvgIpc) is 2.63. The molecule has 0 spiro atoms. The standard InChI is InChI=1S/C20H29N3O/c1-16-9-13-23(14-10-16)18-8-12-21-19(15-18)20(24)22-11-7-17-5-3-2-4-6-17/h5,8,12,15-16H,2-4,6-7,9-11,13-14H2,1H3,(H,22,24). The molecule has 130 valence electrons. The summed E-state index contributed by atoms with van der Waals surface area (Å²) in [7, 11) is 0. The molecule has 0 bridgehead atoms. The molecule has 1 aliphatic heterocycles. The van der Waals surface area contributed by atoms with Gasteiger partial charge in [0.1, 0.15) is 5.69 Å². The van der Waals surface area contributed by atoms with Crippen LogP contribution in [0.4, 0.5) is 5.69 Å². The van der Waals surface area contributed by atoms with Crippen molar-refractivity contribution in [1.82, 2.24) is 10.3 Å². The Kier molecular flexibility index (Phi) is 5.89. The largest absolute Gasteiger partial charge is 0.371 e. The molecule has 1 N–H and O–H groups in total. The topological polar surface area (TPSA) is 45.2 Å². The van der Waals surface area contributed by atoms with Crippen molar-refractivity contribution in [1.29, 1.82) is 0 Å². The molecule has 2 aliphatic rings. The van der Waals surface area contributed by atoms with Gasteiger partial charge in [-0.15, -0.1) is 0 Å². The van der Waals surface area contributed by atoms with E-state index in [0.29, 0.717) is 12.2 Å². The summed E-state index contributed by atoms with van der Waals surface area (Å²) in [6.07, 6.45) is 12.5. The van der Waals surface area contributed by atoms with Crippen molar-refractivity contribution < 1.29 is 4.79 Å². The van der Waals surface area contributed by atoms with Crippen LogP contribution < -0.4 is 10.2 Å². The zero-order valence-corrected chi connectivity index (χ0v) is 14.8. The van der Waals surface area contributed by atoms with Crippen molar-refractivity contribution in [2.24, 2.45) is 5.92 Å². The number of hydrogen-bond donors (Lipinski definition) is 1. The Bertz CT molecular complexity index is 588. The predicted molar refractivity (Wildman–Crippen MR) is 98.3 cm³/mol. The van der Waals surface area contributed by atoms with Crippen LogP contribution in [0, 0.1) is 5.92 Å². The third-order valence-corrected chi connectivity index (χ3v) is 5.24.